The van der Waals surface area contributed by atoms with E-state index in [1.54, 1.807) is 6.08 Å². The van der Waals surface area contributed by atoms with E-state index >= 15 is 0 Å². The Bertz CT molecular complexity index is 486. The van der Waals surface area contributed by atoms with E-state index in [1.165, 1.54) is 36.9 Å². The fraction of sp³-hybridized carbons (Fsp3) is 0.250. The summed E-state index contributed by atoms with van der Waals surface area (Å²) in [4.78, 5) is 20.9. The highest BCUT2D eigenvalue weighted by Crippen LogP contribution is 2.21. The molecule has 0 saturated heterocycles. The molecule has 0 fully saturated rings. The first-order valence-electron chi connectivity index (χ1n) is 5.34. The van der Waals surface area contributed by atoms with E-state index in [2.05, 4.69) is 0 Å². The molecule has 0 aliphatic heterocycles. The second-order valence-electron chi connectivity index (χ2n) is 3.60. The smallest absolute Gasteiger partial charge is 0.270 e. The van der Waals surface area contributed by atoms with E-state index in [1.807, 2.05) is 6.08 Å². The number of hydrogen-bond donors (Lipinski definition) is 1. The van der Waals surface area contributed by atoms with Gasteiger partial charge in [-0.25, -0.2) is 0 Å². The summed E-state index contributed by atoms with van der Waals surface area (Å²) >= 11 is 1.25. The van der Waals surface area contributed by atoms with Crippen molar-refractivity contribution >= 4 is 34.3 Å². The van der Waals surface area contributed by atoms with E-state index in [0.717, 1.165) is 0 Å². The topological polar surface area (TPSA) is 86.2 Å². The van der Waals surface area contributed by atoms with Crippen molar-refractivity contribution in [1.82, 2.24) is 0 Å². The molecule has 18 heavy (non-hydrogen) atoms. The van der Waals surface area contributed by atoms with Crippen LogP contribution in [-0.2, 0) is 4.79 Å². The average Bonchev–Trinajstić information content (AvgIpc) is 2.30. The van der Waals surface area contributed by atoms with Gasteiger partial charge in [-0.1, -0.05) is 23.9 Å². The molecule has 0 radical (unpaired) electrons. The zero-order valence-electron chi connectivity index (χ0n) is 9.96. The number of carbonyl (C=O) groups excluding carboxylic acids is 1. The second-order valence-corrected chi connectivity index (χ2v) is 4.87. The number of nitro groups is 1. The lowest BCUT2D eigenvalue weighted by atomic mass is 10.1. The molecule has 5 nitrogen and oxygen atoms in total. The van der Waals surface area contributed by atoms with Gasteiger partial charge in [0.2, 0.25) is 0 Å². The Morgan fingerprint density at radius 1 is 1.56 bits per heavy atom. The highest BCUT2D eigenvalue weighted by molar-refractivity contribution is 8.13. The first-order chi connectivity index (χ1) is 8.50. The molecule has 0 unspecified atom stereocenters. The van der Waals surface area contributed by atoms with Crippen LogP contribution in [0.25, 0.3) is 6.08 Å². The molecule has 2 N–H and O–H groups in total. The normalized spacial score (nSPS) is 10.7. The number of nitrogens with two attached hydrogens (primary N) is 1. The van der Waals surface area contributed by atoms with Crippen molar-refractivity contribution in [3.8, 4) is 0 Å². The maximum Gasteiger partial charge on any atom is 0.270 e. The van der Waals surface area contributed by atoms with Crippen LogP contribution in [0, 0.1) is 10.1 Å². The predicted molar refractivity (Wildman–Crippen MR) is 74.3 cm³/mol. The first-order valence-corrected chi connectivity index (χ1v) is 6.33. The molecule has 0 amide bonds. The van der Waals surface area contributed by atoms with Gasteiger partial charge in [-0.3, -0.25) is 14.9 Å². The minimum atomic E-state index is -0.456. The molecule has 0 atom stereocenters. The standard InChI is InChI=1S/C12H14N2O3S/c1-9(15)18-7-3-2-4-10-8-11(14(16)17)5-6-12(10)13/h2,4-6,8H,3,7,13H2,1H3. The molecule has 0 aromatic heterocycles. The Labute approximate surface area is 109 Å². The van der Waals surface area contributed by atoms with E-state index in [-0.39, 0.29) is 10.8 Å². The van der Waals surface area contributed by atoms with E-state index < -0.39 is 4.92 Å². The quantitative estimate of drug-likeness (QED) is 0.383. The molecule has 1 aromatic rings. The van der Waals surface area contributed by atoms with E-state index in [0.29, 0.717) is 23.4 Å². The molecule has 0 saturated carbocycles. The largest absolute Gasteiger partial charge is 0.398 e. The Morgan fingerprint density at radius 2 is 2.28 bits per heavy atom. The summed E-state index contributed by atoms with van der Waals surface area (Å²) in [5.74, 6) is 0.695. The highest BCUT2D eigenvalue weighted by Gasteiger charge is 2.06. The summed E-state index contributed by atoms with van der Waals surface area (Å²) < 4.78 is 0. The number of nitro benzene ring substituents is 1. The van der Waals surface area contributed by atoms with Gasteiger partial charge in [0.1, 0.15) is 0 Å². The minimum absolute atomic E-state index is 0.0157. The van der Waals surface area contributed by atoms with Crippen LogP contribution in [0.15, 0.2) is 24.3 Å². The summed E-state index contributed by atoms with van der Waals surface area (Å²) in [6.07, 6.45) is 4.31. The molecule has 0 aliphatic rings. The van der Waals surface area contributed by atoms with Gasteiger partial charge >= 0.3 is 0 Å². The zero-order chi connectivity index (χ0) is 13.5. The maximum atomic E-state index is 10.7. The lowest BCUT2D eigenvalue weighted by Crippen LogP contribution is -1.93. The molecule has 1 aromatic carbocycles. The average molecular weight is 266 g/mol. The number of allylic oxidation sites excluding steroid dienone is 1. The summed E-state index contributed by atoms with van der Waals surface area (Å²) in [5.41, 5.74) is 6.85. The Balaban J connectivity index is 2.65. The number of nitrogens with zero attached hydrogens (tertiary/aromatic N) is 1. The molecule has 0 heterocycles. The van der Waals surface area contributed by atoms with Crippen molar-refractivity contribution < 1.29 is 9.72 Å². The molecule has 0 spiro atoms. The molecule has 1 rings (SSSR count). The van der Waals surface area contributed by atoms with Crippen molar-refractivity contribution in [3.63, 3.8) is 0 Å². The van der Waals surface area contributed by atoms with E-state index in [9.17, 15) is 14.9 Å². The highest BCUT2D eigenvalue weighted by atomic mass is 32.2. The van der Waals surface area contributed by atoms with Gasteiger partial charge in [0.25, 0.3) is 5.69 Å². The Hall–Kier alpha value is -1.82. The molecule has 6 heteroatoms. The molecule has 0 aliphatic carbocycles. The third kappa shape index (κ3) is 4.58. The van der Waals surface area contributed by atoms with Crippen LogP contribution >= 0.6 is 11.8 Å². The second kappa shape index (κ2) is 6.80. The van der Waals surface area contributed by atoms with E-state index in [4.69, 9.17) is 5.73 Å². The number of nitrogen functional groups attached to an aromatic ring is 1. The van der Waals surface area contributed by atoms with Crippen LogP contribution in [0.4, 0.5) is 11.4 Å². The number of thioether (sulfide) groups is 1. The number of hydrogen-bond acceptors (Lipinski definition) is 5. The Kier molecular flexibility index (Phi) is 5.38. The molecular weight excluding hydrogens is 252 g/mol. The zero-order valence-corrected chi connectivity index (χ0v) is 10.8. The van der Waals surface area contributed by atoms with Crippen LogP contribution in [-0.4, -0.2) is 15.8 Å². The van der Waals surface area contributed by atoms with Crippen molar-refractivity contribution in [2.45, 2.75) is 13.3 Å². The van der Waals surface area contributed by atoms with Crippen molar-refractivity contribution in [3.05, 3.63) is 40.0 Å². The predicted octanol–water partition coefficient (Wildman–Crippen LogP) is 2.86. The van der Waals surface area contributed by atoms with Gasteiger partial charge in [-0.15, -0.1) is 0 Å². The Morgan fingerprint density at radius 3 is 2.89 bits per heavy atom. The summed E-state index contributed by atoms with van der Waals surface area (Å²) in [6, 6.07) is 4.32. The van der Waals surface area contributed by atoms with Gasteiger partial charge in [-0.2, -0.15) is 0 Å². The number of carbonyl (C=O) groups is 1. The van der Waals surface area contributed by atoms with Crippen LogP contribution < -0.4 is 5.73 Å². The number of benzene rings is 1. The van der Waals surface area contributed by atoms with Gasteiger partial charge < -0.3 is 5.73 Å². The van der Waals surface area contributed by atoms with Crippen LogP contribution in [0.5, 0.6) is 0 Å². The number of anilines is 1. The van der Waals surface area contributed by atoms with Crippen LogP contribution in [0.3, 0.4) is 0 Å². The summed E-state index contributed by atoms with van der Waals surface area (Å²) in [6.45, 7) is 1.52. The first kappa shape index (κ1) is 14.2. The molecule has 0 bridgehead atoms. The summed E-state index contributed by atoms with van der Waals surface area (Å²) in [7, 11) is 0. The van der Waals surface area contributed by atoms with Crippen molar-refractivity contribution in [1.29, 1.82) is 0 Å². The molecule has 96 valence electrons. The maximum absolute atomic E-state index is 10.7. The van der Waals surface area contributed by atoms with Gasteiger partial charge in [0, 0.05) is 36.1 Å². The third-order valence-corrected chi connectivity index (χ3v) is 3.01. The minimum Gasteiger partial charge on any atom is -0.398 e. The SMILES string of the molecule is CC(=O)SCCC=Cc1cc([N+](=O)[O-])ccc1N. The fourth-order valence-corrected chi connectivity index (χ4v) is 1.84. The van der Waals surface area contributed by atoms with Crippen molar-refractivity contribution in [2.24, 2.45) is 0 Å². The van der Waals surface area contributed by atoms with Gasteiger partial charge in [0.15, 0.2) is 5.12 Å². The van der Waals surface area contributed by atoms with Crippen LogP contribution in [0.1, 0.15) is 18.9 Å². The third-order valence-electron chi connectivity index (χ3n) is 2.17. The van der Waals surface area contributed by atoms with Gasteiger partial charge in [0.05, 0.1) is 4.92 Å². The number of non-ortho nitro benzene ring substituents is 1. The molecular formula is C12H14N2O3S. The monoisotopic (exact) mass is 266 g/mol. The number of rotatable bonds is 5. The lowest BCUT2D eigenvalue weighted by molar-refractivity contribution is -0.384. The van der Waals surface area contributed by atoms with Gasteiger partial charge in [-0.05, 0) is 12.5 Å². The van der Waals surface area contributed by atoms with Crippen LogP contribution in [0.2, 0.25) is 0 Å². The van der Waals surface area contributed by atoms with Crippen molar-refractivity contribution in [2.75, 3.05) is 11.5 Å². The fourth-order valence-electron chi connectivity index (χ4n) is 1.30. The lowest BCUT2D eigenvalue weighted by Gasteiger charge is -2.00. The summed E-state index contributed by atoms with van der Waals surface area (Å²) in [5, 5.41) is 10.7.